The molecule has 1 fully saturated rings. The molecule has 10 heteroatoms. The van der Waals surface area contributed by atoms with Gasteiger partial charge in [0.2, 0.25) is 0 Å². The molecule has 36 heavy (non-hydrogen) atoms. The summed E-state index contributed by atoms with van der Waals surface area (Å²) in [6.07, 6.45) is 0.750. The van der Waals surface area contributed by atoms with Crippen molar-refractivity contribution in [3.05, 3.63) is 77.1 Å². The maximum Gasteiger partial charge on any atom is 0.387 e. The van der Waals surface area contributed by atoms with Crippen LogP contribution in [0.15, 0.2) is 65.6 Å². The summed E-state index contributed by atoms with van der Waals surface area (Å²) in [5.74, 6) is 0.422. The number of fused-ring (bicyclic) bond motifs is 3. The number of aliphatic hydroxyl groups is 1. The molecule has 1 N–H and O–H groups in total. The quantitative estimate of drug-likeness (QED) is 0.334. The summed E-state index contributed by atoms with van der Waals surface area (Å²) in [6.45, 7) is -3.01. The zero-order chi connectivity index (χ0) is 25.2. The van der Waals surface area contributed by atoms with Crippen molar-refractivity contribution in [2.24, 2.45) is 0 Å². The van der Waals surface area contributed by atoms with E-state index in [1.807, 2.05) is 22.8 Å². The van der Waals surface area contributed by atoms with Gasteiger partial charge in [0.05, 0.1) is 27.2 Å². The van der Waals surface area contributed by atoms with Gasteiger partial charge in [-0.1, -0.05) is 29.8 Å². The van der Waals surface area contributed by atoms with E-state index >= 15 is 0 Å². The summed E-state index contributed by atoms with van der Waals surface area (Å²) >= 11 is 6.19. The van der Waals surface area contributed by atoms with E-state index in [4.69, 9.17) is 16.3 Å². The van der Waals surface area contributed by atoms with Crippen molar-refractivity contribution in [1.29, 1.82) is 0 Å². The third kappa shape index (κ3) is 3.95. The first-order valence-corrected chi connectivity index (χ1v) is 13.4. The Morgan fingerprint density at radius 3 is 2.44 bits per heavy atom. The van der Waals surface area contributed by atoms with Crippen LogP contribution in [0, 0.1) is 0 Å². The zero-order valence-corrected chi connectivity index (χ0v) is 20.4. The second kappa shape index (κ2) is 8.54. The molecule has 6 rings (SSSR count). The molecule has 1 aliphatic heterocycles. The fraction of sp³-hybridized carbons (Fsp3) is 0.269. The molecule has 0 radical (unpaired) electrons. The number of sulfone groups is 1. The van der Waals surface area contributed by atoms with Crippen LogP contribution in [0.2, 0.25) is 5.02 Å². The van der Waals surface area contributed by atoms with Crippen LogP contribution in [0.1, 0.15) is 42.8 Å². The van der Waals surface area contributed by atoms with Crippen LogP contribution < -0.4 is 4.74 Å². The minimum atomic E-state index is -3.28. The molecular formula is C26H21ClF2N2O4S. The van der Waals surface area contributed by atoms with Crippen LogP contribution in [0.5, 0.6) is 5.75 Å². The molecule has 1 aliphatic carbocycles. The Hall–Kier alpha value is -3.01. The van der Waals surface area contributed by atoms with Crippen molar-refractivity contribution in [2.45, 2.75) is 48.2 Å². The van der Waals surface area contributed by atoms with Gasteiger partial charge in [-0.15, -0.1) is 0 Å². The smallest absolute Gasteiger partial charge is 0.387 e. The van der Waals surface area contributed by atoms with Gasteiger partial charge in [-0.3, -0.25) is 0 Å². The Kier molecular flexibility index (Phi) is 5.55. The van der Waals surface area contributed by atoms with Crippen LogP contribution in [0.25, 0.3) is 22.2 Å². The van der Waals surface area contributed by atoms with E-state index in [-0.39, 0.29) is 17.4 Å². The lowest BCUT2D eigenvalue weighted by Crippen LogP contribution is -2.10. The summed E-state index contributed by atoms with van der Waals surface area (Å²) in [7, 11) is -3.28. The number of rotatable bonds is 6. The van der Waals surface area contributed by atoms with Crippen molar-refractivity contribution in [1.82, 2.24) is 9.55 Å². The maximum atomic E-state index is 13.1. The first-order valence-electron chi connectivity index (χ1n) is 11.5. The molecule has 3 aromatic carbocycles. The average Bonchev–Trinajstić information content (AvgIpc) is 3.58. The second-order valence-corrected chi connectivity index (χ2v) is 11.8. The Bertz CT molecular complexity index is 1580. The largest absolute Gasteiger partial charge is 0.434 e. The number of hydrogen-bond acceptors (Lipinski definition) is 5. The van der Waals surface area contributed by atoms with Crippen molar-refractivity contribution in [3.63, 3.8) is 0 Å². The monoisotopic (exact) mass is 530 g/mol. The van der Waals surface area contributed by atoms with Gasteiger partial charge in [0.25, 0.3) is 0 Å². The van der Waals surface area contributed by atoms with E-state index in [1.165, 1.54) is 12.1 Å². The number of nitrogens with zero attached hydrogens (tertiary/aromatic N) is 2. The summed E-state index contributed by atoms with van der Waals surface area (Å²) in [5, 5.41) is 10.8. The number of benzene rings is 3. The molecule has 0 amide bonds. The van der Waals surface area contributed by atoms with Gasteiger partial charge in [0, 0.05) is 17.0 Å². The highest BCUT2D eigenvalue weighted by Gasteiger charge is 2.37. The van der Waals surface area contributed by atoms with Gasteiger partial charge in [0.15, 0.2) is 9.84 Å². The Balaban J connectivity index is 1.43. The third-order valence-electron chi connectivity index (χ3n) is 6.80. The van der Waals surface area contributed by atoms with Gasteiger partial charge in [-0.25, -0.2) is 13.4 Å². The number of alkyl halides is 2. The van der Waals surface area contributed by atoms with E-state index < -0.39 is 28.6 Å². The molecule has 6 nitrogen and oxygen atoms in total. The molecule has 2 heterocycles. The van der Waals surface area contributed by atoms with Crippen molar-refractivity contribution in [3.8, 4) is 16.9 Å². The topological polar surface area (TPSA) is 81.4 Å². The molecule has 2 unspecified atom stereocenters. The number of hydrogen-bond donors (Lipinski definition) is 1. The van der Waals surface area contributed by atoms with E-state index in [0.29, 0.717) is 45.2 Å². The van der Waals surface area contributed by atoms with Gasteiger partial charge < -0.3 is 14.4 Å². The van der Waals surface area contributed by atoms with E-state index in [0.717, 1.165) is 11.1 Å². The van der Waals surface area contributed by atoms with Crippen molar-refractivity contribution < 1.29 is 27.0 Å². The molecule has 2 aliphatic rings. The maximum absolute atomic E-state index is 13.1. The highest BCUT2D eigenvalue weighted by molar-refractivity contribution is 7.92. The fourth-order valence-electron chi connectivity index (χ4n) is 4.93. The van der Waals surface area contributed by atoms with Crippen molar-refractivity contribution in [2.75, 3.05) is 0 Å². The highest BCUT2D eigenvalue weighted by Crippen LogP contribution is 2.45. The minimum absolute atomic E-state index is 0.00934. The lowest BCUT2D eigenvalue weighted by atomic mass is 10.0. The molecule has 4 aromatic rings. The SMILES string of the molecule is O=S(=O)(c1ccc(-c2ccc3nc4n(c3c2)C(c2cc(Cl)ccc2OC(F)F)CC4O)cc1)C1CC1. The summed E-state index contributed by atoms with van der Waals surface area (Å²) in [6, 6.07) is 16.3. The van der Waals surface area contributed by atoms with Crippen LogP contribution in [-0.4, -0.2) is 34.9 Å². The number of imidazole rings is 1. The average molecular weight is 531 g/mol. The van der Waals surface area contributed by atoms with Gasteiger partial charge in [-0.2, -0.15) is 8.78 Å². The molecule has 1 aromatic heterocycles. The standard InChI is InChI=1S/C26H21ClF2N2O4S/c27-16-4-10-24(35-26(28)29)19(12-16)21-13-23(32)25-30-20-9-3-15(11-22(20)31(21)25)14-1-5-17(6-2-14)36(33,34)18-7-8-18/h1-6,9-12,18,21,23,26,32H,7-8,13H2. The fourth-order valence-corrected chi connectivity index (χ4v) is 6.77. The minimum Gasteiger partial charge on any atom is -0.434 e. The Morgan fingerprint density at radius 2 is 1.75 bits per heavy atom. The van der Waals surface area contributed by atoms with Gasteiger partial charge in [-0.05, 0) is 66.4 Å². The first kappa shape index (κ1) is 23.4. The Labute approximate surface area is 211 Å². The highest BCUT2D eigenvalue weighted by atomic mass is 35.5. The third-order valence-corrected chi connectivity index (χ3v) is 9.31. The molecule has 1 saturated carbocycles. The van der Waals surface area contributed by atoms with Crippen LogP contribution in [-0.2, 0) is 9.84 Å². The number of ether oxygens (including phenoxy) is 1. The lowest BCUT2D eigenvalue weighted by molar-refractivity contribution is -0.0507. The summed E-state index contributed by atoms with van der Waals surface area (Å²) in [4.78, 5) is 4.90. The molecule has 0 bridgehead atoms. The molecule has 0 spiro atoms. The van der Waals surface area contributed by atoms with Gasteiger partial charge in [0.1, 0.15) is 17.7 Å². The molecule has 2 atom stereocenters. The van der Waals surface area contributed by atoms with Crippen molar-refractivity contribution >= 4 is 32.5 Å². The van der Waals surface area contributed by atoms with E-state index in [2.05, 4.69) is 4.98 Å². The molecule has 186 valence electrons. The predicted octanol–water partition coefficient (Wildman–Crippen LogP) is 5.92. The van der Waals surface area contributed by atoms with Crippen LogP contribution in [0.4, 0.5) is 8.78 Å². The first-order chi connectivity index (χ1) is 17.2. The van der Waals surface area contributed by atoms with E-state index in [1.54, 1.807) is 30.3 Å². The summed E-state index contributed by atoms with van der Waals surface area (Å²) < 4.78 is 57.8. The molecule has 0 saturated heterocycles. The van der Waals surface area contributed by atoms with E-state index in [9.17, 15) is 22.3 Å². The Morgan fingerprint density at radius 1 is 1.03 bits per heavy atom. The number of aromatic nitrogens is 2. The second-order valence-electron chi connectivity index (χ2n) is 9.14. The number of aliphatic hydroxyl groups excluding tert-OH is 1. The normalized spacial score (nSPS) is 19.7. The lowest BCUT2D eigenvalue weighted by Gasteiger charge is -2.19. The summed E-state index contributed by atoms with van der Waals surface area (Å²) in [5.41, 5.74) is 3.43. The predicted molar refractivity (Wildman–Crippen MR) is 131 cm³/mol. The number of halogens is 3. The van der Waals surface area contributed by atoms with Gasteiger partial charge >= 0.3 is 6.61 Å². The van der Waals surface area contributed by atoms with Crippen LogP contribution in [0.3, 0.4) is 0 Å². The zero-order valence-electron chi connectivity index (χ0n) is 18.8. The van der Waals surface area contributed by atoms with Crippen LogP contribution >= 0.6 is 11.6 Å². The molecular weight excluding hydrogens is 510 g/mol.